The molecule has 0 saturated carbocycles. The van der Waals surface area contributed by atoms with E-state index in [1.807, 2.05) is 37.3 Å². The fourth-order valence-corrected chi connectivity index (χ4v) is 2.60. The lowest BCUT2D eigenvalue weighted by Crippen LogP contribution is -2.13. The molecule has 7 nitrogen and oxygen atoms in total. The van der Waals surface area contributed by atoms with Gasteiger partial charge in [0.15, 0.2) is 0 Å². The number of carbonyl (C=O) groups is 1. The van der Waals surface area contributed by atoms with E-state index in [1.54, 1.807) is 22.9 Å². The maximum atomic E-state index is 12.2. The van der Waals surface area contributed by atoms with E-state index in [0.29, 0.717) is 17.9 Å². The molecule has 0 radical (unpaired) electrons. The van der Waals surface area contributed by atoms with Crippen LogP contribution in [0.1, 0.15) is 16.8 Å². The molecule has 1 aromatic heterocycles. The van der Waals surface area contributed by atoms with Gasteiger partial charge >= 0.3 is 0 Å². The molecule has 2 aromatic carbocycles. The Balaban J connectivity index is 1.71. The number of nitrogens with one attached hydrogen (secondary N) is 1. The van der Waals surface area contributed by atoms with Crippen molar-refractivity contribution >= 4 is 23.5 Å². The largest absolute Gasteiger partial charge is 0.307 e. The van der Waals surface area contributed by atoms with E-state index in [4.69, 9.17) is 0 Å². The molecule has 27 heavy (non-hydrogen) atoms. The van der Waals surface area contributed by atoms with Crippen molar-refractivity contribution in [3.63, 3.8) is 0 Å². The monoisotopic (exact) mass is 362 g/mol. The van der Waals surface area contributed by atoms with Crippen LogP contribution in [-0.4, -0.2) is 20.6 Å². The van der Waals surface area contributed by atoms with Gasteiger partial charge in [0.25, 0.3) is 5.69 Å². The summed E-state index contributed by atoms with van der Waals surface area (Å²) in [6.45, 7) is 2.40. The van der Waals surface area contributed by atoms with Gasteiger partial charge in [-0.3, -0.25) is 14.9 Å². The van der Waals surface area contributed by atoms with E-state index in [2.05, 4.69) is 10.4 Å². The van der Waals surface area contributed by atoms with E-state index in [0.717, 1.165) is 11.3 Å². The molecule has 0 aliphatic rings. The summed E-state index contributed by atoms with van der Waals surface area (Å²) in [6, 6.07) is 17.7. The molecule has 0 aliphatic heterocycles. The number of rotatable bonds is 6. The zero-order chi connectivity index (χ0) is 19.2. The van der Waals surface area contributed by atoms with Crippen molar-refractivity contribution in [2.24, 2.45) is 0 Å². The molecule has 0 saturated heterocycles. The Kier molecular flexibility index (Phi) is 5.41. The van der Waals surface area contributed by atoms with Crippen molar-refractivity contribution in [1.82, 2.24) is 9.78 Å². The fourth-order valence-electron chi connectivity index (χ4n) is 2.60. The number of anilines is 1. The maximum absolute atomic E-state index is 12.2. The van der Waals surface area contributed by atoms with Crippen molar-refractivity contribution in [3.8, 4) is 0 Å². The van der Waals surface area contributed by atoms with Crippen LogP contribution in [0.4, 0.5) is 11.5 Å². The first-order valence-corrected chi connectivity index (χ1v) is 8.33. The summed E-state index contributed by atoms with van der Waals surface area (Å²) in [5.41, 5.74) is 2.43. The zero-order valence-electron chi connectivity index (χ0n) is 14.7. The van der Waals surface area contributed by atoms with Gasteiger partial charge in [-0.2, -0.15) is 5.10 Å². The normalized spacial score (nSPS) is 10.9. The number of hydrogen-bond acceptors (Lipinski definition) is 4. The number of non-ortho nitro benzene ring substituents is 1. The second-order valence-electron chi connectivity index (χ2n) is 5.99. The van der Waals surface area contributed by atoms with Crippen molar-refractivity contribution < 1.29 is 9.72 Å². The second kappa shape index (κ2) is 8.09. The molecule has 1 N–H and O–H groups in total. The van der Waals surface area contributed by atoms with Crippen molar-refractivity contribution in [1.29, 1.82) is 0 Å². The number of benzene rings is 2. The molecule has 3 aromatic rings. The summed E-state index contributed by atoms with van der Waals surface area (Å²) in [6.07, 6.45) is 2.88. The molecule has 3 rings (SSSR count). The van der Waals surface area contributed by atoms with Crippen LogP contribution in [0.3, 0.4) is 0 Å². The van der Waals surface area contributed by atoms with Crippen LogP contribution in [0, 0.1) is 17.0 Å². The fraction of sp³-hybridized carbons (Fsp3) is 0.100. The lowest BCUT2D eigenvalue weighted by molar-refractivity contribution is -0.384. The zero-order valence-corrected chi connectivity index (χ0v) is 14.7. The van der Waals surface area contributed by atoms with E-state index in [9.17, 15) is 14.9 Å². The minimum absolute atomic E-state index is 0.0193. The van der Waals surface area contributed by atoms with Gasteiger partial charge in [0.2, 0.25) is 5.91 Å². The Morgan fingerprint density at radius 1 is 1.19 bits per heavy atom. The highest BCUT2D eigenvalue weighted by molar-refractivity contribution is 6.01. The molecule has 0 bridgehead atoms. The molecule has 0 atom stereocenters. The van der Waals surface area contributed by atoms with Crippen LogP contribution in [0.2, 0.25) is 0 Å². The molecule has 0 unspecified atom stereocenters. The lowest BCUT2D eigenvalue weighted by atomic mass is 10.2. The topological polar surface area (TPSA) is 90.1 Å². The standard InChI is InChI=1S/C20H18N4O3/c1-15-12-19(23(22-15)14-17-6-3-2-4-7-17)21-20(25)11-10-16-8-5-9-18(13-16)24(26)27/h2-13H,14H2,1H3,(H,21,25)/b11-10+. The summed E-state index contributed by atoms with van der Waals surface area (Å²) >= 11 is 0. The van der Waals surface area contributed by atoms with Gasteiger partial charge in [0.05, 0.1) is 17.2 Å². The molecule has 136 valence electrons. The number of nitro benzene ring substituents is 1. The number of hydrogen-bond donors (Lipinski definition) is 1. The number of nitrogens with zero attached hydrogens (tertiary/aromatic N) is 3. The number of amides is 1. The van der Waals surface area contributed by atoms with Crippen molar-refractivity contribution in [3.05, 3.63) is 93.7 Å². The van der Waals surface area contributed by atoms with Gasteiger partial charge in [-0.1, -0.05) is 42.5 Å². The van der Waals surface area contributed by atoms with Crippen LogP contribution in [-0.2, 0) is 11.3 Å². The SMILES string of the molecule is Cc1cc(NC(=O)/C=C/c2cccc([N+](=O)[O-])c2)n(Cc2ccccc2)n1. The summed E-state index contributed by atoms with van der Waals surface area (Å²) < 4.78 is 1.73. The Morgan fingerprint density at radius 2 is 1.96 bits per heavy atom. The molecule has 7 heteroatoms. The van der Waals surface area contributed by atoms with Gasteiger partial charge < -0.3 is 5.32 Å². The summed E-state index contributed by atoms with van der Waals surface area (Å²) in [7, 11) is 0. The van der Waals surface area contributed by atoms with E-state index in [-0.39, 0.29) is 11.6 Å². The number of aryl methyl sites for hydroxylation is 1. The van der Waals surface area contributed by atoms with Crippen LogP contribution in [0.5, 0.6) is 0 Å². The number of nitro groups is 1. The summed E-state index contributed by atoms with van der Waals surface area (Å²) in [5, 5.41) is 18.0. The Labute approximate surface area is 156 Å². The summed E-state index contributed by atoms with van der Waals surface area (Å²) in [5.74, 6) is 0.251. The minimum atomic E-state index is -0.470. The van der Waals surface area contributed by atoms with Crippen LogP contribution < -0.4 is 5.32 Å². The van der Waals surface area contributed by atoms with Crippen LogP contribution in [0.25, 0.3) is 6.08 Å². The smallest absolute Gasteiger partial charge is 0.270 e. The molecule has 1 heterocycles. The van der Waals surface area contributed by atoms with Gasteiger partial charge in [-0.05, 0) is 24.1 Å². The number of aromatic nitrogens is 2. The molecule has 0 spiro atoms. The Hall–Kier alpha value is -3.74. The third-order valence-corrected chi connectivity index (χ3v) is 3.84. The van der Waals surface area contributed by atoms with Crippen LogP contribution >= 0.6 is 0 Å². The van der Waals surface area contributed by atoms with E-state index >= 15 is 0 Å². The molecular formula is C20H18N4O3. The van der Waals surface area contributed by atoms with Gasteiger partial charge in [-0.25, -0.2) is 4.68 Å². The lowest BCUT2D eigenvalue weighted by Gasteiger charge is -2.07. The van der Waals surface area contributed by atoms with Gasteiger partial charge in [-0.15, -0.1) is 0 Å². The van der Waals surface area contributed by atoms with Gasteiger partial charge in [0.1, 0.15) is 5.82 Å². The van der Waals surface area contributed by atoms with Gasteiger partial charge in [0, 0.05) is 24.3 Å². The third-order valence-electron chi connectivity index (χ3n) is 3.84. The molecular weight excluding hydrogens is 344 g/mol. The average molecular weight is 362 g/mol. The first-order chi connectivity index (χ1) is 13.0. The van der Waals surface area contributed by atoms with Crippen molar-refractivity contribution in [2.75, 3.05) is 5.32 Å². The van der Waals surface area contributed by atoms with Crippen molar-refractivity contribution in [2.45, 2.75) is 13.5 Å². The first kappa shape index (κ1) is 18.1. The van der Waals surface area contributed by atoms with E-state index < -0.39 is 4.92 Å². The highest BCUT2D eigenvalue weighted by Crippen LogP contribution is 2.15. The molecule has 0 aliphatic carbocycles. The quantitative estimate of drug-likeness (QED) is 0.410. The second-order valence-corrected chi connectivity index (χ2v) is 5.99. The number of carbonyl (C=O) groups excluding carboxylic acids is 1. The predicted molar refractivity (Wildman–Crippen MR) is 103 cm³/mol. The Morgan fingerprint density at radius 3 is 2.70 bits per heavy atom. The highest BCUT2D eigenvalue weighted by atomic mass is 16.6. The predicted octanol–water partition coefficient (Wildman–Crippen LogP) is 3.80. The molecule has 0 fully saturated rings. The summed E-state index contributed by atoms with van der Waals surface area (Å²) in [4.78, 5) is 22.6. The highest BCUT2D eigenvalue weighted by Gasteiger charge is 2.09. The minimum Gasteiger partial charge on any atom is -0.307 e. The first-order valence-electron chi connectivity index (χ1n) is 8.33. The van der Waals surface area contributed by atoms with Crippen LogP contribution in [0.15, 0.2) is 66.7 Å². The average Bonchev–Trinajstić information content (AvgIpc) is 3.00. The van der Waals surface area contributed by atoms with E-state index in [1.165, 1.54) is 24.3 Å². The third kappa shape index (κ3) is 4.88. The Bertz CT molecular complexity index is 993. The molecule has 1 amide bonds. The maximum Gasteiger partial charge on any atom is 0.270 e.